The highest BCUT2D eigenvalue weighted by Gasteiger charge is 2.26. The number of hydrogen-bond acceptors (Lipinski definition) is 5. The summed E-state index contributed by atoms with van der Waals surface area (Å²) in [5, 5.41) is 12.3. The van der Waals surface area contributed by atoms with Crippen molar-refractivity contribution in [2.24, 2.45) is 11.8 Å². The van der Waals surface area contributed by atoms with Gasteiger partial charge in [-0.1, -0.05) is 54.6 Å². The number of aliphatic hydroxyl groups excluding tert-OH is 1. The molecule has 3 atom stereocenters. The van der Waals surface area contributed by atoms with Crippen molar-refractivity contribution in [2.45, 2.75) is 51.6 Å². The molecule has 0 aromatic heterocycles. The predicted molar refractivity (Wildman–Crippen MR) is 153 cm³/mol. The molecule has 0 saturated carbocycles. The summed E-state index contributed by atoms with van der Waals surface area (Å²) in [6, 6.07) is 15.0. The Morgan fingerprint density at radius 2 is 1.73 bits per heavy atom. The minimum absolute atomic E-state index is 0.0298. The lowest BCUT2D eigenvalue weighted by Gasteiger charge is -2.25. The van der Waals surface area contributed by atoms with E-state index in [2.05, 4.69) is 18.5 Å². The molecule has 0 radical (unpaired) electrons. The van der Waals surface area contributed by atoms with E-state index in [9.17, 15) is 23.9 Å². The Bertz CT molecular complexity index is 1090. The first-order chi connectivity index (χ1) is 19.3. The fraction of sp³-hybridized carbons (Fsp3) is 0.406. The lowest BCUT2D eigenvalue weighted by Crippen LogP contribution is -2.42. The molecule has 0 aliphatic rings. The lowest BCUT2D eigenvalue weighted by molar-refractivity contribution is -0.150. The molecule has 2 N–H and O–H groups in total. The zero-order chi connectivity index (χ0) is 29.3. The number of benzene rings is 2. The van der Waals surface area contributed by atoms with Gasteiger partial charge in [0.1, 0.15) is 12.4 Å². The highest BCUT2D eigenvalue weighted by atomic mass is 19.1. The van der Waals surface area contributed by atoms with Crippen LogP contribution in [-0.2, 0) is 32.1 Å². The van der Waals surface area contributed by atoms with Gasteiger partial charge < -0.3 is 20.1 Å². The first-order valence-corrected chi connectivity index (χ1v) is 13.6. The molecule has 0 spiro atoms. The molecule has 7 nitrogen and oxygen atoms in total. The SMILES string of the molecule is C=CCC[C@H](Cc1ccc(F)cc1)C(=O)OC[C@H](C)NC(=O)[C@H](CC=C)CC(=O)N(CCO)Cc1ccccc1. The summed E-state index contributed by atoms with van der Waals surface area (Å²) in [7, 11) is 0. The van der Waals surface area contributed by atoms with Crippen LogP contribution in [0.25, 0.3) is 0 Å². The minimum Gasteiger partial charge on any atom is -0.463 e. The van der Waals surface area contributed by atoms with Crippen LogP contribution in [0, 0.1) is 17.7 Å². The molecule has 0 saturated heterocycles. The molecule has 0 fully saturated rings. The van der Waals surface area contributed by atoms with Gasteiger partial charge in [-0.05, 0) is 55.9 Å². The summed E-state index contributed by atoms with van der Waals surface area (Å²) in [5.74, 6) is -2.41. The minimum atomic E-state index is -0.654. The molecular weight excluding hydrogens is 511 g/mol. The van der Waals surface area contributed by atoms with E-state index in [1.54, 1.807) is 31.2 Å². The first kappa shape index (κ1) is 32.4. The Balaban J connectivity index is 1.94. The largest absolute Gasteiger partial charge is 0.463 e. The Morgan fingerprint density at radius 1 is 1.02 bits per heavy atom. The van der Waals surface area contributed by atoms with E-state index in [-0.39, 0.29) is 43.8 Å². The number of nitrogens with one attached hydrogen (secondary N) is 1. The van der Waals surface area contributed by atoms with E-state index in [4.69, 9.17) is 4.74 Å². The van der Waals surface area contributed by atoms with E-state index in [0.29, 0.717) is 32.2 Å². The topological polar surface area (TPSA) is 95.9 Å². The summed E-state index contributed by atoms with van der Waals surface area (Å²) in [5.41, 5.74) is 1.75. The maximum absolute atomic E-state index is 13.3. The quantitative estimate of drug-likeness (QED) is 0.208. The van der Waals surface area contributed by atoms with Gasteiger partial charge >= 0.3 is 5.97 Å². The van der Waals surface area contributed by atoms with Gasteiger partial charge in [0.05, 0.1) is 24.5 Å². The highest BCUT2D eigenvalue weighted by molar-refractivity contribution is 5.86. The molecule has 2 rings (SSSR count). The van der Waals surface area contributed by atoms with Crippen LogP contribution < -0.4 is 5.32 Å². The highest BCUT2D eigenvalue weighted by Crippen LogP contribution is 2.18. The van der Waals surface area contributed by atoms with Gasteiger partial charge in [0.25, 0.3) is 0 Å². The number of rotatable bonds is 18. The molecule has 216 valence electrons. The van der Waals surface area contributed by atoms with Crippen molar-refractivity contribution in [3.63, 3.8) is 0 Å². The molecule has 40 heavy (non-hydrogen) atoms. The third kappa shape index (κ3) is 11.5. The van der Waals surface area contributed by atoms with Crippen molar-refractivity contribution >= 4 is 17.8 Å². The second kappa shape index (κ2) is 17.7. The maximum atomic E-state index is 13.3. The zero-order valence-electron chi connectivity index (χ0n) is 23.3. The van der Waals surface area contributed by atoms with Crippen LogP contribution in [0.15, 0.2) is 79.9 Å². The third-order valence-corrected chi connectivity index (χ3v) is 6.49. The number of esters is 1. The molecular formula is C32H41FN2O5. The summed E-state index contributed by atoms with van der Waals surface area (Å²) >= 11 is 0. The van der Waals surface area contributed by atoms with E-state index >= 15 is 0 Å². The Labute approximate surface area is 236 Å². The van der Waals surface area contributed by atoms with Crippen LogP contribution in [0.1, 0.15) is 43.7 Å². The van der Waals surface area contributed by atoms with E-state index in [1.165, 1.54) is 17.0 Å². The van der Waals surface area contributed by atoms with Crippen molar-refractivity contribution in [3.8, 4) is 0 Å². The normalized spacial score (nSPS) is 13.0. The van der Waals surface area contributed by atoms with Gasteiger partial charge in [-0.2, -0.15) is 0 Å². The number of ether oxygens (including phenoxy) is 1. The predicted octanol–water partition coefficient (Wildman–Crippen LogP) is 4.60. The molecule has 0 aliphatic heterocycles. The third-order valence-electron chi connectivity index (χ3n) is 6.49. The van der Waals surface area contributed by atoms with E-state index in [1.807, 2.05) is 30.3 Å². The average Bonchev–Trinajstić information content (AvgIpc) is 2.95. The number of hydrogen-bond donors (Lipinski definition) is 2. The van der Waals surface area contributed by atoms with Gasteiger partial charge in [-0.3, -0.25) is 14.4 Å². The fourth-order valence-electron chi connectivity index (χ4n) is 4.30. The number of halogens is 1. The van der Waals surface area contributed by atoms with Crippen LogP contribution in [0.2, 0.25) is 0 Å². The van der Waals surface area contributed by atoms with Crippen molar-refractivity contribution < 1.29 is 28.6 Å². The van der Waals surface area contributed by atoms with Crippen molar-refractivity contribution in [1.82, 2.24) is 10.2 Å². The number of aliphatic hydroxyl groups is 1. The van der Waals surface area contributed by atoms with Gasteiger partial charge in [0, 0.05) is 19.5 Å². The molecule has 0 unspecified atom stereocenters. The summed E-state index contributed by atoms with van der Waals surface area (Å²) in [6.07, 6.45) is 5.15. The Kier molecular flexibility index (Phi) is 14.4. The summed E-state index contributed by atoms with van der Waals surface area (Å²) < 4.78 is 18.8. The molecule has 2 amide bonds. The number of carbonyl (C=O) groups excluding carboxylic acids is 3. The number of carbonyl (C=O) groups is 3. The molecule has 0 aliphatic carbocycles. The van der Waals surface area contributed by atoms with Gasteiger partial charge in [0.2, 0.25) is 11.8 Å². The second-order valence-electron chi connectivity index (χ2n) is 9.88. The first-order valence-electron chi connectivity index (χ1n) is 13.6. The van der Waals surface area contributed by atoms with Crippen LogP contribution >= 0.6 is 0 Å². The van der Waals surface area contributed by atoms with Crippen molar-refractivity contribution in [1.29, 1.82) is 0 Å². The van der Waals surface area contributed by atoms with Crippen LogP contribution in [-0.4, -0.2) is 53.6 Å². The molecule has 8 heteroatoms. The summed E-state index contributed by atoms with van der Waals surface area (Å²) in [4.78, 5) is 40.5. The van der Waals surface area contributed by atoms with Gasteiger partial charge in [0.15, 0.2) is 0 Å². The maximum Gasteiger partial charge on any atom is 0.309 e. The van der Waals surface area contributed by atoms with Gasteiger partial charge in [-0.25, -0.2) is 4.39 Å². The standard InChI is InChI=1S/C32H41FN2O5/c1-4-6-13-28(20-25-14-16-29(33)17-15-25)32(39)40-23-24(3)34-31(38)27(10-5-2)21-30(37)35(18-19-36)22-26-11-8-7-9-12-26/h4-5,7-9,11-12,14-17,24,27-28,36H,1-2,6,10,13,18-23H2,3H3,(H,34,38)/t24-,27+,28+/m0/s1. The Hall–Kier alpha value is -3.78. The zero-order valence-corrected chi connectivity index (χ0v) is 23.3. The monoisotopic (exact) mass is 552 g/mol. The molecule has 2 aromatic carbocycles. The summed E-state index contributed by atoms with van der Waals surface area (Å²) in [6.45, 7) is 9.44. The number of amides is 2. The number of nitrogens with zero attached hydrogens (tertiary/aromatic N) is 1. The smallest absolute Gasteiger partial charge is 0.309 e. The number of allylic oxidation sites excluding steroid dienone is 2. The van der Waals surface area contributed by atoms with Crippen LogP contribution in [0.5, 0.6) is 0 Å². The van der Waals surface area contributed by atoms with E-state index in [0.717, 1.165) is 11.1 Å². The molecule has 0 bridgehead atoms. The van der Waals surface area contributed by atoms with E-state index < -0.39 is 23.8 Å². The van der Waals surface area contributed by atoms with Crippen molar-refractivity contribution in [3.05, 3.63) is 96.9 Å². The molecule has 2 aromatic rings. The van der Waals surface area contributed by atoms with Crippen LogP contribution in [0.3, 0.4) is 0 Å². The average molecular weight is 553 g/mol. The lowest BCUT2D eigenvalue weighted by atomic mass is 9.95. The Morgan fingerprint density at radius 3 is 2.35 bits per heavy atom. The van der Waals surface area contributed by atoms with Crippen molar-refractivity contribution in [2.75, 3.05) is 19.8 Å². The fourth-order valence-corrected chi connectivity index (χ4v) is 4.30. The van der Waals surface area contributed by atoms with Gasteiger partial charge in [-0.15, -0.1) is 13.2 Å². The molecule has 0 heterocycles. The second-order valence-corrected chi connectivity index (χ2v) is 9.88. The van der Waals surface area contributed by atoms with Crippen LogP contribution in [0.4, 0.5) is 4.39 Å².